The largest absolute Gasteiger partial charge is 0.497 e. The number of para-hydroxylation sites is 1. The SMILES string of the molecule is COc1ccc2c(c1)c(C[C@H](C)NC(=O)Cc1cccc3cccnc13)cn2C. The van der Waals surface area contributed by atoms with Crippen molar-refractivity contribution in [2.45, 2.75) is 25.8 Å². The Balaban J connectivity index is 1.48. The molecule has 1 amide bonds. The molecule has 0 unspecified atom stereocenters. The Morgan fingerprint density at radius 1 is 1.17 bits per heavy atom. The fourth-order valence-corrected chi connectivity index (χ4v) is 3.93. The van der Waals surface area contributed by atoms with Gasteiger partial charge in [-0.15, -0.1) is 0 Å². The van der Waals surface area contributed by atoms with Gasteiger partial charge in [-0.05, 0) is 48.7 Å². The lowest BCUT2D eigenvalue weighted by Crippen LogP contribution is -2.35. The van der Waals surface area contributed by atoms with E-state index in [0.29, 0.717) is 6.42 Å². The van der Waals surface area contributed by atoms with Gasteiger partial charge in [-0.3, -0.25) is 9.78 Å². The zero-order valence-corrected chi connectivity index (χ0v) is 17.0. The van der Waals surface area contributed by atoms with Crippen LogP contribution in [-0.4, -0.2) is 28.6 Å². The summed E-state index contributed by atoms with van der Waals surface area (Å²) in [4.78, 5) is 17.1. The second-order valence-corrected chi connectivity index (χ2v) is 7.49. The van der Waals surface area contributed by atoms with Gasteiger partial charge in [0.15, 0.2) is 0 Å². The third-order valence-corrected chi connectivity index (χ3v) is 5.28. The van der Waals surface area contributed by atoms with Gasteiger partial charge in [-0.25, -0.2) is 0 Å². The maximum Gasteiger partial charge on any atom is 0.224 e. The number of benzene rings is 2. The summed E-state index contributed by atoms with van der Waals surface area (Å²) in [5, 5.41) is 5.35. The number of carbonyl (C=O) groups is 1. The van der Waals surface area contributed by atoms with E-state index in [9.17, 15) is 4.79 Å². The van der Waals surface area contributed by atoms with Gasteiger partial charge in [0, 0.05) is 41.8 Å². The molecule has 0 spiro atoms. The molecule has 0 aliphatic heterocycles. The van der Waals surface area contributed by atoms with Crippen molar-refractivity contribution in [3.8, 4) is 5.75 Å². The maximum absolute atomic E-state index is 12.7. The molecule has 2 aromatic heterocycles. The summed E-state index contributed by atoms with van der Waals surface area (Å²) < 4.78 is 7.48. The lowest BCUT2D eigenvalue weighted by Gasteiger charge is -2.14. The predicted octanol–water partition coefficient (Wildman–Crippen LogP) is 4.03. The average Bonchev–Trinajstić information content (AvgIpc) is 3.02. The number of nitrogens with zero attached hydrogens (tertiary/aromatic N) is 2. The molecule has 5 nitrogen and oxygen atoms in total. The highest BCUT2D eigenvalue weighted by molar-refractivity contribution is 5.88. The monoisotopic (exact) mass is 387 g/mol. The van der Waals surface area contributed by atoms with Gasteiger partial charge in [0.2, 0.25) is 5.91 Å². The quantitative estimate of drug-likeness (QED) is 0.544. The first-order valence-electron chi connectivity index (χ1n) is 9.79. The van der Waals surface area contributed by atoms with E-state index < -0.39 is 0 Å². The highest BCUT2D eigenvalue weighted by Gasteiger charge is 2.14. The van der Waals surface area contributed by atoms with Crippen LogP contribution in [0.4, 0.5) is 0 Å². The number of carbonyl (C=O) groups excluding carboxylic acids is 1. The molecule has 29 heavy (non-hydrogen) atoms. The first kappa shape index (κ1) is 19.0. The summed E-state index contributed by atoms with van der Waals surface area (Å²) in [6, 6.07) is 16.0. The van der Waals surface area contributed by atoms with Crippen LogP contribution in [-0.2, 0) is 24.7 Å². The predicted molar refractivity (Wildman–Crippen MR) is 116 cm³/mol. The Labute approximate surface area is 170 Å². The van der Waals surface area contributed by atoms with E-state index in [1.807, 2.05) is 50.4 Å². The molecule has 2 heterocycles. The van der Waals surface area contributed by atoms with Crippen molar-refractivity contribution in [1.29, 1.82) is 0 Å². The Morgan fingerprint density at radius 3 is 2.83 bits per heavy atom. The molecule has 1 atom stereocenters. The summed E-state index contributed by atoms with van der Waals surface area (Å²) in [6.45, 7) is 2.04. The number of aryl methyl sites for hydroxylation is 1. The molecule has 0 saturated heterocycles. The summed E-state index contributed by atoms with van der Waals surface area (Å²) >= 11 is 0. The molecule has 0 fully saturated rings. The van der Waals surface area contributed by atoms with Crippen molar-refractivity contribution < 1.29 is 9.53 Å². The van der Waals surface area contributed by atoms with E-state index in [1.165, 1.54) is 5.56 Å². The topological polar surface area (TPSA) is 56.1 Å². The minimum absolute atomic E-state index is 0.00784. The smallest absolute Gasteiger partial charge is 0.224 e. The van der Waals surface area contributed by atoms with Crippen LogP contribution in [0.25, 0.3) is 21.8 Å². The summed E-state index contributed by atoms with van der Waals surface area (Å²) in [7, 11) is 3.71. The van der Waals surface area contributed by atoms with Crippen LogP contribution in [0, 0.1) is 0 Å². The number of ether oxygens (including phenoxy) is 1. The van der Waals surface area contributed by atoms with E-state index in [-0.39, 0.29) is 11.9 Å². The lowest BCUT2D eigenvalue weighted by atomic mass is 10.0. The highest BCUT2D eigenvalue weighted by Crippen LogP contribution is 2.26. The summed E-state index contributed by atoms with van der Waals surface area (Å²) in [5.74, 6) is 0.846. The van der Waals surface area contributed by atoms with E-state index in [2.05, 4.69) is 33.2 Å². The molecule has 148 valence electrons. The molecule has 0 saturated carbocycles. The molecule has 5 heteroatoms. The third-order valence-electron chi connectivity index (χ3n) is 5.28. The lowest BCUT2D eigenvalue weighted by molar-refractivity contribution is -0.121. The number of hydrogen-bond acceptors (Lipinski definition) is 3. The number of fused-ring (bicyclic) bond motifs is 2. The van der Waals surface area contributed by atoms with Crippen LogP contribution < -0.4 is 10.1 Å². The molecule has 4 rings (SSSR count). The Bertz CT molecular complexity index is 1170. The molecule has 1 N–H and O–H groups in total. The Morgan fingerprint density at radius 2 is 2.00 bits per heavy atom. The van der Waals surface area contributed by atoms with Crippen molar-refractivity contribution in [3.63, 3.8) is 0 Å². The van der Waals surface area contributed by atoms with Crippen molar-refractivity contribution in [2.24, 2.45) is 7.05 Å². The first-order chi connectivity index (χ1) is 14.0. The first-order valence-corrected chi connectivity index (χ1v) is 9.79. The average molecular weight is 387 g/mol. The minimum atomic E-state index is 0.00784. The zero-order valence-electron chi connectivity index (χ0n) is 17.0. The van der Waals surface area contributed by atoms with Crippen LogP contribution in [0.1, 0.15) is 18.1 Å². The van der Waals surface area contributed by atoms with Crippen molar-refractivity contribution in [1.82, 2.24) is 14.9 Å². The fourth-order valence-electron chi connectivity index (χ4n) is 3.93. The van der Waals surface area contributed by atoms with Gasteiger partial charge in [0.25, 0.3) is 0 Å². The standard InChI is InChI=1S/C24H25N3O2/c1-16(12-19-15-27(2)22-10-9-20(29-3)14-21(19)22)26-23(28)13-18-7-4-6-17-8-5-11-25-24(17)18/h4-11,14-16H,12-13H2,1-3H3,(H,26,28)/t16-/m0/s1. The van der Waals surface area contributed by atoms with Crippen molar-refractivity contribution in [3.05, 3.63) is 72.1 Å². The van der Waals surface area contributed by atoms with Gasteiger partial charge < -0.3 is 14.6 Å². The maximum atomic E-state index is 12.7. The molecular formula is C24H25N3O2. The van der Waals surface area contributed by atoms with Crippen LogP contribution in [0.5, 0.6) is 5.75 Å². The van der Waals surface area contributed by atoms with Gasteiger partial charge in [0.1, 0.15) is 5.75 Å². The van der Waals surface area contributed by atoms with E-state index >= 15 is 0 Å². The molecule has 0 radical (unpaired) electrons. The normalized spacial score (nSPS) is 12.2. The number of methoxy groups -OCH3 is 1. The van der Waals surface area contributed by atoms with Crippen molar-refractivity contribution in [2.75, 3.05) is 7.11 Å². The second kappa shape index (κ2) is 7.95. The molecule has 2 aromatic carbocycles. The number of hydrogen-bond donors (Lipinski definition) is 1. The number of amides is 1. The van der Waals surface area contributed by atoms with E-state index in [0.717, 1.165) is 39.5 Å². The van der Waals surface area contributed by atoms with Gasteiger partial charge in [-0.1, -0.05) is 24.3 Å². The van der Waals surface area contributed by atoms with Crippen LogP contribution in [0.3, 0.4) is 0 Å². The number of pyridine rings is 1. The second-order valence-electron chi connectivity index (χ2n) is 7.49. The molecular weight excluding hydrogens is 362 g/mol. The number of rotatable bonds is 6. The number of aromatic nitrogens is 2. The van der Waals surface area contributed by atoms with Crippen LogP contribution in [0.15, 0.2) is 60.9 Å². The Kier molecular flexibility index (Phi) is 5.21. The summed E-state index contributed by atoms with van der Waals surface area (Å²) in [5.41, 5.74) is 4.18. The van der Waals surface area contributed by atoms with Gasteiger partial charge in [0.05, 0.1) is 19.0 Å². The van der Waals surface area contributed by atoms with Crippen LogP contribution >= 0.6 is 0 Å². The highest BCUT2D eigenvalue weighted by atomic mass is 16.5. The Hall–Kier alpha value is -3.34. The van der Waals surface area contributed by atoms with Crippen molar-refractivity contribution >= 4 is 27.7 Å². The molecule has 0 aliphatic carbocycles. The van der Waals surface area contributed by atoms with E-state index in [1.54, 1.807) is 13.3 Å². The zero-order chi connectivity index (χ0) is 20.4. The minimum Gasteiger partial charge on any atom is -0.497 e. The fraction of sp³-hybridized carbons (Fsp3) is 0.250. The van der Waals surface area contributed by atoms with Gasteiger partial charge in [-0.2, -0.15) is 0 Å². The number of nitrogens with one attached hydrogen (secondary N) is 1. The third kappa shape index (κ3) is 3.94. The molecule has 0 bridgehead atoms. The molecule has 4 aromatic rings. The molecule has 0 aliphatic rings. The van der Waals surface area contributed by atoms with E-state index in [4.69, 9.17) is 4.74 Å². The summed E-state index contributed by atoms with van der Waals surface area (Å²) in [6.07, 6.45) is 4.97. The van der Waals surface area contributed by atoms with Crippen LogP contribution in [0.2, 0.25) is 0 Å². The van der Waals surface area contributed by atoms with Gasteiger partial charge >= 0.3 is 0 Å².